The quantitative estimate of drug-likeness (QED) is 0.652. The van der Waals surface area contributed by atoms with Crippen LogP contribution in [0.25, 0.3) is 0 Å². The lowest BCUT2D eigenvalue weighted by molar-refractivity contribution is 0.219. The molecule has 0 aromatic rings. The van der Waals surface area contributed by atoms with Crippen molar-refractivity contribution in [2.24, 2.45) is 0 Å². The zero-order chi connectivity index (χ0) is 9.10. The van der Waals surface area contributed by atoms with Crippen LogP contribution in [-0.4, -0.2) is 11.8 Å². The normalized spacial score (nSPS) is 26.9. The summed E-state index contributed by atoms with van der Waals surface area (Å²) >= 11 is 0. The van der Waals surface area contributed by atoms with Gasteiger partial charge in [0.2, 0.25) is 0 Å². The Hall–Kier alpha value is 0.0600. The van der Waals surface area contributed by atoms with E-state index in [9.17, 15) is 4.57 Å². The smallest absolute Gasteiger partial charge is 0.143 e. The van der Waals surface area contributed by atoms with E-state index in [4.69, 9.17) is 4.52 Å². The van der Waals surface area contributed by atoms with Crippen LogP contribution >= 0.6 is 8.03 Å². The third-order valence-electron chi connectivity index (χ3n) is 3.18. The van der Waals surface area contributed by atoms with Crippen LogP contribution in [0.1, 0.15) is 51.4 Å². The van der Waals surface area contributed by atoms with Gasteiger partial charge in [-0.25, -0.2) is 0 Å². The summed E-state index contributed by atoms with van der Waals surface area (Å²) in [4.78, 5) is 0. The average Bonchev–Trinajstić information content (AvgIpc) is 2.74. The highest BCUT2D eigenvalue weighted by Crippen LogP contribution is 2.43. The number of hydrogen-bond acceptors (Lipinski definition) is 2. The summed E-state index contributed by atoms with van der Waals surface area (Å²) in [5, 5.41) is 0. The topological polar surface area (TPSA) is 26.3 Å². The van der Waals surface area contributed by atoms with Crippen molar-refractivity contribution in [3.05, 3.63) is 0 Å². The van der Waals surface area contributed by atoms with Crippen LogP contribution in [0, 0.1) is 0 Å². The molecule has 2 rings (SSSR count). The van der Waals surface area contributed by atoms with E-state index in [0.717, 1.165) is 25.7 Å². The Morgan fingerprint density at radius 1 is 0.923 bits per heavy atom. The van der Waals surface area contributed by atoms with Crippen molar-refractivity contribution >= 4 is 8.03 Å². The van der Waals surface area contributed by atoms with E-state index < -0.39 is 8.03 Å². The van der Waals surface area contributed by atoms with E-state index in [-0.39, 0.29) is 0 Å². The molecule has 1 unspecified atom stereocenters. The molecule has 0 aromatic heterocycles. The van der Waals surface area contributed by atoms with E-state index >= 15 is 0 Å². The maximum atomic E-state index is 11.7. The van der Waals surface area contributed by atoms with Crippen LogP contribution in [0.2, 0.25) is 0 Å². The highest BCUT2D eigenvalue weighted by Gasteiger charge is 2.38. The molecule has 0 heterocycles. The van der Waals surface area contributed by atoms with Crippen molar-refractivity contribution in [1.82, 2.24) is 0 Å². The molecule has 2 aliphatic carbocycles. The van der Waals surface area contributed by atoms with Crippen LogP contribution in [0.3, 0.4) is 0 Å². The van der Waals surface area contributed by atoms with Crippen molar-refractivity contribution in [3.8, 4) is 0 Å². The summed E-state index contributed by atoms with van der Waals surface area (Å²) in [7, 11) is -1.34. The molecular formula is C10H18O2P+. The number of rotatable bonds is 3. The van der Waals surface area contributed by atoms with Gasteiger partial charge >= 0.3 is 8.03 Å². The lowest BCUT2D eigenvalue weighted by Crippen LogP contribution is -2.05. The van der Waals surface area contributed by atoms with Gasteiger partial charge in [0.05, 0.1) is 0 Å². The summed E-state index contributed by atoms with van der Waals surface area (Å²) in [6, 6.07) is 0. The molecule has 2 aliphatic rings. The molecule has 74 valence electrons. The average molecular weight is 201 g/mol. The van der Waals surface area contributed by atoms with E-state index in [1.807, 2.05) is 0 Å². The van der Waals surface area contributed by atoms with Gasteiger partial charge in [-0.05, 0) is 43.1 Å². The highest BCUT2D eigenvalue weighted by molar-refractivity contribution is 7.40. The second-order valence-electron chi connectivity index (χ2n) is 4.24. The molecule has 0 bridgehead atoms. The minimum atomic E-state index is -1.34. The molecule has 0 saturated heterocycles. The molecule has 13 heavy (non-hydrogen) atoms. The first-order valence-electron chi connectivity index (χ1n) is 5.49. The van der Waals surface area contributed by atoms with Gasteiger partial charge in [0.1, 0.15) is 6.10 Å². The van der Waals surface area contributed by atoms with Gasteiger partial charge in [0, 0.05) is 0 Å². The Bertz CT molecular complexity index is 181. The summed E-state index contributed by atoms with van der Waals surface area (Å²) in [5.41, 5.74) is 0.385. The van der Waals surface area contributed by atoms with Crippen molar-refractivity contribution in [1.29, 1.82) is 0 Å². The molecule has 1 atom stereocenters. The highest BCUT2D eigenvalue weighted by atomic mass is 31.1. The molecule has 0 amide bonds. The fraction of sp³-hybridized carbons (Fsp3) is 1.00. The summed E-state index contributed by atoms with van der Waals surface area (Å²) in [6.07, 6.45) is 9.87. The lowest BCUT2D eigenvalue weighted by Gasteiger charge is -2.01. The molecule has 0 spiro atoms. The monoisotopic (exact) mass is 201 g/mol. The van der Waals surface area contributed by atoms with Gasteiger partial charge in [-0.15, -0.1) is 4.52 Å². The Morgan fingerprint density at radius 2 is 1.46 bits per heavy atom. The van der Waals surface area contributed by atoms with Crippen LogP contribution in [-0.2, 0) is 9.09 Å². The van der Waals surface area contributed by atoms with Gasteiger partial charge in [0.25, 0.3) is 0 Å². The van der Waals surface area contributed by atoms with E-state index in [2.05, 4.69) is 0 Å². The fourth-order valence-corrected chi connectivity index (χ4v) is 3.81. The Labute approximate surface area is 80.9 Å². The molecule has 0 N–H and O–H groups in total. The largest absolute Gasteiger partial charge is 0.511 e. The van der Waals surface area contributed by atoms with Gasteiger partial charge < -0.3 is 0 Å². The zero-order valence-electron chi connectivity index (χ0n) is 8.08. The Morgan fingerprint density at radius 3 is 2.08 bits per heavy atom. The number of hydrogen-bond donors (Lipinski definition) is 0. The van der Waals surface area contributed by atoms with E-state index in [1.54, 1.807) is 0 Å². The minimum Gasteiger partial charge on any atom is -0.143 e. The molecule has 0 aromatic carbocycles. The molecule has 0 radical (unpaired) electrons. The van der Waals surface area contributed by atoms with Crippen LogP contribution in [0.15, 0.2) is 0 Å². The molecule has 2 fully saturated rings. The maximum absolute atomic E-state index is 11.7. The van der Waals surface area contributed by atoms with Crippen LogP contribution < -0.4 is 0 Å². The molecule has 2 saturated carbocycles. The maximum Gasteiger partial charge on any atom is 0.511 e. The summed E-state index contributed by atoms with van der Waals surface area (Å²) in [6.45, 7) is 0. The Balaban J connectivity index is 1.76. The van der Waals surface area contributed by atoms with Gasteiger partial charge in [-0.3, -0.25) is 0 Å². The second-order valence-corrected chi connectivity index (χ2v) is 5.75. The van der Waals surface area contributed by atoms with Crippen LogP contribution in [0.4, 0.5) is 0 Å². The predicted octanol–water partition coefficient (Wildman–Crippen LogP) is 3.63. The van der Waals surface area contributed by atoms with E-state index in [1.165, 1.54) is 25.7 Å². The molecular weight excluding hydrogens is 183 g/mol. The fourth-order valence-electron chi connectivity index (χ4n) is 2.34. The van der Waals surface area contributed by atoms with Crippen molar-refractivity contribution in [2.75, 3.05) is 0 Å². The van der Waals surface area contributed by atoms with E-state index in [0.29, 0.717) is 11.8 Å². The second kappa shape index (κ2) is 4.52. The first-order valence-corrected chi connectivity index (χ1v) is 6.74. The van der Waals surface area contributed by atoms with Gasteiger partial charge in [-0.1, -0.05) is 12.8 Å². The molecule has 3 heteroatoms. The summed E-state index contributed by atoms with van der Waals surface area (Å²) in [5.74, 6) is 0. The molecule has 2 nitrogen and oxygen atoms in total. The Kier molecular flexibility index (Phi) is 3.34. The third kappa shape index (κ3) is 2.51. The zero-order valence-corrected chi connectivity index (χ0v) is 8.97. The van der Waals surface area contributed by atoms with Gasteiger partial charge in [0.15, 0.2) is 5.66 Å². The van der Waals surface area contributed by atoms with Gasteiger partial charge in [-0.2, -0.15) is 0 Å². The predicted molar refractivity (Wildman–Crippen MR) is 53.2 cm³/mol. The molecule has 0 aliphatic heterocycles. The van der Waals surface area contributed by atoms with Crippen molar-refractivity contribution < 1.29 is 9.09 Å². The van der Waals surface area contributed by atoms with Crippen molar-refractivity contribution in [3.63, 3.8) is 0 Å². The third-order valence-corrected chi connectivity index (χ3v) is 4.80. The van der Waals surface area contributed by atoms with Crippen LogP contribution in [0.5, 0.6) is 0 Å². The lowest BCUT2D eigenvalue weighted by atomic mass is 10.3. The standard InChI is InChI=1S/C10H18O2P/c11-13(10-7-3-4-8-10)12-9-5-1-2-6-9/h9-10H,1-8H2/q+1. The summed E-state index contributed by atoms with van der Waals surface area (Å²) < 4.78 is 17.3. The first-order chi connectivity index (χ1) is 6.36. The van der Waals surface area contributed by atoms with Crippen molar-refractivity contribution in [2.45, 2.75) is 63.1 Å². The first kappa shape index (κ1) is 9.61. The SMILES string of the molecule is O=[P+](OC1CCCC1)C1CCCC1. The minimum absolute atomic E-state index is 0.323.